The van der Waals surface area contributed by atoms with Crippen LogP contribution in [-0.4, -0.2) is 24.6 Å². The second kappa shape index (κ2) is 8.48. The normalized spacial score (nSPS) is 10.8. The van der Waals surface area contributed by atoms with Crippen molar-refractivity contribution in [1.29, 1.82) is 0 Å². The highest BCUT2D eigenvalue weighted by molar-refractivity contribution is 14.1. The maximum atomic E-state index is 11.7. The molecule has 0 fully saturated rings. The lowest BCUT2D eigenvalue weighted by Gasteiger charge is -2.01. The zero-order valence-electron chi connectivity index (χ0n) is 13.4. The van der Waals surface area contributed by atoms with Crippen LogP contribution in [0.1, 0.15) is 16.3 Å². The SMILES string of the molecule is O=C(CNC(=O)c1ccco1)N/N=C/c1ccc(-c2ccc(I)cc2)o1. The Labute approximate surface area is 162 Å². The lowest BCUT2D eigenvalue weighted by molar-refractivity contribution is -0.120. The fourth-order valence-electron chi connectivity index (χ4n) is 2.05. The van der Waals surface area contributed by atoms with Crippen LogP contribution in [0.15, 0.2) is 68.7 Å². The molecule has 0 saturated carbocycles. The Kier molecular flexibility index (Phi) is 5.84. The Morgan fingerprint density at radius 1 is 1.12 bits per heavy atom. The lowest BCUT2D eigenvalue weighted by Crippen LogP contribution is -2.34. The van der Waals surface area contributed by atoms with Crippen molar-refractivity contribution in [2.75, 3.05) is 6.54 Å². The summed E-state index contributed by atoms with van der Waals surface area (Å²) in [5.74, 6) is 0.409. The molecule has 0 aliphatic rings. The van der Waals surface area contributed by atoms with Gasteiger partial charge in [-0.25, -0.2) is 5.43 Å². The molecular formula is C18H14IN3O4. The Balaban J connectivity index is 1.48. The number of rotatable bonds is 6. The van der Waals surface area contributed by atoms with Gasteiger partial charge in [0, 0.05) is 9.13 Å². The fraction of sp³-hybridized carbons (Fsp3) is 0.0556. The van der Waals surface area contributed by atoms with Gasteiger partial charge < -0.3 is 14.2 Å². The third-order valence-electron chi connectivity index (χ3n) is 3.29. The highest BCUT2D eigenvalue weighted by Crippen LogP contribution is 2.22. The van der Waals surface area contributed by atoms with E-state index >= 15 is 0 Å². The quantitative estimate of drug-likeness (QED) is 0.334. The van der Waals surface area contributed by atoms with Gasteiger partial charge in [-0.1, -0.05) is 12.1 Å². The molecule has 132 valence electrons. The van der Waals surface area contributed by atoms with Crippen molar-refractivity contribution in [3.63, 3.8) is 0 Å². The molecule has 0 unspecified atom stereocenters. The van der Waals surface area contributed by atoms with Crippen molar-refractivity contribution < 1.29 is 18.4 Å². The number of furan rings is 2. The molecule has 0 saturated heterocycles. The highest BCUT2D eigenvalue weighted by atomic mass is 127. The summed E-state index contributed by atoms with van der Waals surface area (Å²) in [4.78, 5) is 23.3. The van der Waals surface area contributed by atoms with Gasteiger partial charge in [-0.3, -0.25) is 9.59 Å². The minimum Gasteiger partial charge on any atom is -0.459 e. The first-order valence-electron chi connectivity index (χ1n) is 7.61. The lowest BCUT2D eigenvalue weighted by atomic mass is 10.2. The van der Waals surface area contributed by atoms with Gasteiger partial charge in [-0.05, 0) is 59.0 Å². The predicted octanol–water partition coefficient (Wildman–Crippen LogP) is 3.02. The van der Waals surface area contributed by atoms with Gasteiger partial charge in [0.1, 0.15) is 11.5 Å². The van der Waals surface area contributed by atoms with Gasteiger partial charge in [0.05, 0.1) is 19.0 Å². The summed E-state index contributed by atoms with van der Waals surface area (Å²) in [6, 6.07) is 14.6. The maximum Gasteiger partial charge on any atom is 0.287 e. The van der Waals surface area contributed by atoms with E-state index in [9.17, 15) is 9.59 Å². The van der Waals surface area contributed by atoms with Crippen molar-refractivity contribution in [2.24, 2.45) is 5.10 Å². The molecule has 8 heteroatoms. The summed E-state index contributed by atoms with van der Waals surface area (Å²) in [6.07, 6.45) is 2.77. The van der Waals surface area contributed by atoms with Gasteiger partial charge >= 0.3 is 0 Å². The number of benzene rings is 1. The number of nitrogens with one attached hydrogen (secondary N) is 2. The minimum atomic E-state index is -0.470. The molecule has 0 spiro atoms. The first-order valence-corrected chi connectivity index (χ1v) is 8.69. The average Bonchev–Trinajstić information content (AvgIpc) is 3.32. The molecule has 0 atom stereocenters. The zero-order valence-corrected chi connectivity index (χ0v) is 15.6. The molecule has 0 aliphatic carbocycles. The molecule has 3 rings (SSSR count). The summed E-state index contributed by atoms with van der Waals surface area (Å²) in [5.41, 5.74) is 3.27. The molecule has 1 aromatic carbocycles. The minimum absolute atomic E-state index is 0.139. The molecule has 26 heavy (non-hydrogen) atoms. The fourth-order valence-corrected chi connectivity index (χ4v) is 2.41. The Hall–Kier alpha value is -2.88. The molecule has 0 aliphatic heterocycles. The van der Waals surface area contributed by atoms with Crippen molar-refractivity contribution in [2.45, 2.75) is 0 Å². The van der Waals surface area contributed by atoms with Crippen LogP contribution in [0.25, 0.3) is 11.3 Å². The number of hydrogen-bond acceptors (Lipinski definition) is 5. The van der Waals surface area contributed by atoms with Crippen LogP contribution < -0.4 is 10.7 Å². The van der Waals surface area contributed by atoms with E-state index in [-0.39, 0.29) is 12.3 Å². The molecule has 7 nitrogen and oxygen atoms in total. The second-order valence-corrected chi connectivity index (χ2v) is 6.41. The summed E-state index contributed by atoms with van der Waals surface area (Å²) in [7, 11) is 0. The third-order valence-corrected chi connectivity index (χ3v) is 4.01. The summed E-state index contributed by atoms with van der Waals surface area (Å²) in [5, 5.41) is 6.23. The van der Waals surface area contributed by atoms with Crippen LogP contribution in [0.2, 0.25) is 0 Å². The highest BCUT2D eigenvalue weighted by Gasteiger charge is 2.09. The number of carbonyl (C=O) groups excluding carboxylic acids is 2. The number of hydrazone groups is 1. The molecule has 0 radical (unpaired) electrons. The van der Waals surface area contributed by atoms with Gasteiger partial charge in [0.25, 0.3) is 11.8 Å². The third kappa shape index (κ3) is 4.82. The molecule has 0 bridgehead atoms. The zero-order chi connectivity index (χ0) is 18.4. The van der Waals surface area contributed by atoms with Gasteiger partial charge in [-0.2, -0.15) is 5.10 Å². The van der Waals surface area contributed by atoms with E-state index in [0.717, 1.165) is 9.13 Å². The maximum absolute atomic E-state index is 11.7. The molecule has 2 heterocycles. The van der Waals surface area contributed by atoms with E-state index in [1.54, 1.807) is 12.1 Å². The summed E-state index contributed by atoms with van der Waals surface area (Å²) in [6.45, 7) is -0.219. The summed E-state index contributed by atoms with van der Waals surface area (Å²) < 4.78 is 11.7. The molecule has 2 aromatic heterocycles. The largest absolute Gasteiger partial charge is 0.459 e. The standard InChI is InChI=1S/C18H14IN3O4/c19-13-5-3-12(4-6-13)15-8-7-14(26-15)10-21-22-17(23)11-20-18(24)16-2-1-9-25-16/h1-10H,11H2,(H,20,24)(H,22,23)/b21-10+. The van der Waals surface area contributed by atoms with Crippen molar-refractivity contribution in [3.8, 4) is 11.3 Å². The van der Waals surface area contributed by atoms with Crippen molar-refractivity contribution in [1.82, 2.24) is 10.7 Å². The Morgan fingerprint density at radius 3 is 2.65 bits per heavy atom. The van der Waals surface area contributed by atoms with Gasteiger partial charge in [0.2, 0.25) is 0 Å². The van der Waals surface area contributed by atoms with E-state index in [2.05, 4.69) is 38.4 Å². The van der Waals surface area contributed by atoms with Crippen LogP contribution in [-0.2, 0) is 4.79 Å². The van der Waals surface area contributed by atoms with Crippen molar-refractivity contribution >= 4 is 40.6 Å². The molecular weight excluding hydrogens is 449 g/mol. The smallest absolute Gasteiger partial charge is 0.287 e. The number of halogens is 1. The van der Waals surface area contributed by atoms with Crippen LogP contribution in [0.3, 0.4) is 0 Å². The average molecular weight is 463 g/mol. The van der Waals surface area contributed by atoms with E-state index in [0.29, 0.717) is 11.5 Å². The number of carbonyl (C=O) groups is 2. The summed E-state index contributed by atoms with van der Waals surface area (Å²) >= 11 is 2.24. The van der Waals surface area contributed by atoms with Crippen LogP contribution in [0.4, 0.5) is 0 Å². The monoisotopic (exact) mass is 463 g/mol. The number of nitrogens with zero attached hydrogens (tertiary/aromatic N) is 1. The van der Waals surface area contributed by atoms with Crippen LogP contribution >= 0.6 is 22.6 Å². The molecule has 2 amide bonds. The van der Waals surface area contributed by atoms with E-state index < -0.39 is 11.8 Å². The van der Waals surface area contributed by atoms with Crippen LogP contribution in [0, 0.1) is 3.57 Å². The number of hydrogen-bond donors (Lipinski definition) is 2. The van der Waals surface area contributed by atoms with Gasteiger partial charge in [-0.15, -0.1) is 0 Å². The van der Waals surface area contributed by atoms with Crippen LogP contribution in [0.5, 0.6) is 0 Å². The van der Waals surface area contributed by atoms with E-state index in [1.165, 1.54) is 18.5 Å². The topological polar surface area (TPSA) is 96.8 Å². The van der Waals surface area contributed by atoms with Crippen molar-refractivity contribution in [3.05, 3.63) is 69.9 Å². The number of amides is 2. The van der Waals surface area contributed by atoms with Gasteiger partial charge in [0.15, 0.2) is 5.76 Å². The Bertz CT molecular complexity index is 914. The van der Waals surface area contributed by atoms with E-state index in [4.69, 9.17) is 8.83 Å². The predicted molar refractivity (Wildman–Crippen MR) is 104 cm³/mol. The second-order valence-electron chi connectivity index (χ2n) is 5.16. The first kappa shape index (κ1) is 17.9. The molecule has 2 N–H and O–H groups in total. The van der Waals surface area contributed by atoms with E-state index in [1.807, 2.05) is 30.3 Å². The Morgan fingerprint density at radius 2 is 1.92 bits per heavy atom. The molecule has 3 aromatic rings. The first-order chi connectivity index (χ1) is 12.6.